The number of rotatable bonds is 4. The Morgan fingerprint density at radius 1 is 1.56 bits per heavy atom. The van der Waals surface area contributed by atoms with E-state index >= 15 is 0 Å². The fraction of sp³-hybridized carbons (Fsp3) is 0.462. The van der Waals surface area contributed by atoms with Crippen LogP contribution >= 0.6 is 11.6 Å². The Balaban J connectivity index is 1.89. The lowest BCUT2D eigenvalue weighted by molar-refractivity contribution is -0.00862. The number of halogens is 1. The Morgan fingerprint density at radius 3 is 2.89 bits per heavy atom. The summed E-state index contributed by atoms with van der Waals surface area (Å²) in [5.41, 5.74) is 6.60. The Labute approximate surface area is 111 Å². The van der Waals surface area contributed by atoms with Gasteiger partial charge in [-0.25, -0.2) is 0 Å². The number of anilines is 1. The molecule has 1 aromatic carbocycles. The van der Waals surface area contributed by atoms with Crippen LogP contribution in [0.15, 0.2) is 18.2 Å². The van der Waals surface area contributed by atoms with Gasteiger partial charge >= 0.3 is 0 Å². The summed E-state index contributed by atoms with van der Waals surface area (Å²) >= 11 is 5.98. The SMILES string of the molecule is CCOC1CC(NC(=O)c2ccc(N)cc2Cl)C1. The van der Waals surface area contributed by atoms with Crippen LogP contribution in [0.2, 0.25) is 5.02 Å². The number of hydrogen-bond donors (Lipinski definition) is 2. The average Bonchev–Trinajstić information content (AvgIpc) is 2.26. The van der Waals surface area contributed by atoms with Crippen LogP contribution in [-0.4, -0.2) is 24.7 Å². The molecule has 1 fully saturated rings. The summed E-state index contributed by atoms with van der Waals surface area (Å²) in [6.45, 7) is 2.69. The minimum Gasteiger partial charge on any atom is -0.399 e. The van der Waals surface area contributed by atoms with E-state index in [0.717, 1.165) is 19.4 Å². The smallest absolute Gasteiger partial charge is 0.253 e. The number of nitrogen functional groups attached to an aromatic ring is 1. The lowest BCUT2D eigenvalue weighted by Crippen LogP contribution is -2.47. The van der Waals surface area contributed by atoms with Gasteiger partial charge in [-0.3, -0.25) is 4.79 Å². The van der Waals surface area contributed by atoms with E-state index in [2.05, 4.69) is 5.32 Å². The fourth-order valence-electron chi connectivity index (χ4n) is 2.03. The van der Waals surface area contributed by atoms with Crippen LogP contribution in [0.1, 0.15) is 30.1 Å². The van der Waals surface area contributed by atoms with Crippen molar-refractivity contribution in [2.75, 3.05) is 12.3 Å². The predicted octanol–water partition coefficient (Wildman–Crippen LogP) is 2.22. The molecule has 0 aliphatic heterocycles. The second-order valence-corrected chi connectivity index (χ2v) is 4.87. The summed E-state index contributed by atoms with van der Waals surface area (Å²) < 4.78 is 5.44. The molecule has 1 amide bonds. The molecule has 0 atom stereocenters. The summed E-state index contributed by atoms with van der Waals surface area (Å²) in [6.07, 6.45) is 2.01. The van der Waals surface area contributed by atoms with Gasteiger partial charge in [0.25, 0.3) is 5.91 Å². The number of nitrogens with one attached hydrogen (secondary N) is 1. The van der Waals surface area contributed by atoms with Crippen LogP contribution in [0.3, 0.4) is 0 Å². The maximum atomic E-state index is 12.0. The first-order chi connectivity index (χ1) is 8.60. The molecule has 1 aromatic rings. The zero-order valence-electron chi connectivity index (χ0n) is 10.3. The molecule has 98 valence electrons. The fourth-order valence-corrected chi connectivity index (χ4v) is 2.31. The van der Waals surface area contributed by atoms with Gasteiger partial charge in [-0.2, -0.15) is 0 Å². The first-order valence-electron chi connectivity index (χ1n) is 6.07. The van der Waals surface area contributed by atoms with Gasteiger partial charge in [0.05, 0.1) is 16.7 Å². The molecule has 5 heteroatoms. The molecule has 1 saturated carbocycles. The molecule has 2 rings (SSSR count). The molecule has 1 aliphatic carbocycles. The van der Waals surface area contributed by atoms with Crippen LogP contribution in [0, 0.1) is 0 Å². The quantitative estimate of drug-likeness (QED) is 0.823. The number of hydrogen-bond acceptors (Lipinski definition) is 3. The molecular weight excluding hydrogens is 252 g/mol. The topological polar surface area (TPSA) is 64.3 Å². The largest absolute Gasteiger partial charge is 0.399 e. The molecule has 4 nitrogen and oxygen atoms in total. The second-order valence-electron chi connectivity index (χ2n) is 4.46. The van der Waals surface area contributed by atoms with Gasteiger partial charge in [-0.05, 0) is 38.0 Å². The molecule has 0 unspecified atom stereocenters. The maximum absolute atomic E-state index is 12.0. The number of amides is 1. The first-order valence-corrected chi connectivity index (χ1v) is 6.45. The molecule has 0 saturated heterocycles. The minimum absolute atomic E-state index is 0.153. The molecular formula is C13H17ClN2O2. The standard InChI is InChI=1S/C13H17ClN2O2/c1-2-18-10-6-9(7-10)16-13(17)11-4-3-8(15)5-12(11)14/h3-5,9-10H,2,6-7,15H2,1H3,(H,16,17). The Morgan fingerprint density at radius 2 is 2.28 bits per heavy atom. The van der Waals surface area contributed by atoms with E-state index in [1.165, 1.54) is 0 Å². The molecule has 0 radical (unpaired) electrons. The van der Waals surface area contributed by atoms with Gasteiger partial charge in [-0.1, -0.05) is 11.6 Å². The normalized spacial score (nSPS) is 22.3. The summed E-state index contributed by atoms with van der Waals surface area (Å²) in [7, 11) is 0. The highest BCUT2D eigenvalue weighted by Gasteiger charge is 2.31. The molecule has 0 spiro atoms. The van der Waals surface area contributed by atoms with Gasteiger partial charge in [-0.15, -0.1) is 0 Å². The summed E-state index contributed by atoms with van der Waals surface area (Å²) in [5.74, 6) is -0.153. The van der Waals surface area contributed by atoms with Gasteiger partial charge in [0.1, 0.15) is 0 Å². The van der Waals surface area contributed by atoms with Crippen molar-refractivity contribution < 1.29 is 9.53 Å². The van der Waals surface area contributed by atoms with E-state index in [0.29, 0.717) is 16.3 Å². The van der Waals surface area contributed by atoms with E-state index in [4.69, 9.17) is 22.1 Å². The number of carbonyl (C=O) groups is 1. The summed E-state index contributed by atoms with van der Waals surface area (Å²) in [6, 6.07) is 5.08. The highest BCUT2D eigenvalue weighted by atomic mass is 35.5. The van der Waals surface area contributed by atoms with Crippen molar-refractivity contribution in [2.24, 2.45) is 0 Å². The molecule has 1 aliphatic rings. The zero-order chi connectivity index (χ0) is 13.1. The van der Waals surface area contributed by atoms with Crippen LogP contribution < -0.4 is 11.1 Å². The average molecular weight is 269 g/mol. The summed E-state index contributed by atoms with van der Waals surface area (Å²) in [4.78, 5) is 12.0. The third-order valence-corrected chi connectivity index (χ3v) is 3.38. The van der Waals surface area contributed by atoms with Gasteiger partial charge < -0.3 is 15.8 Å². The van der Waals surface area contributed by atoms with E-state index in [1.807, 2.05) is 6.92 Å². The molecule has 0 bridgehead atoms. The van der Waals surface area contributed by atoms with Crippen molar-refractivity contribution in [1.82, 2.24) is 5.32 Å². The van der Waals surface area contributed by atoms with E-state index in [9.17, 15) is 4.79 Å². The number of carbonyl (C=O) groups excluding carboxylic acids is 1. The van der Waals surface area contributed by atoms with Crippen molar-refractivity contribution in [3.63, 3.8) is 0 Å². The lowest BCUT2D eigenvalue weighted by Gasteiger charge is -2.35. The summed E-state index contributed by atoms with van der Waals surface area (Å²) in [5, 5.41) is 3.32. The maximum Gasteiger partial charge on any atom is 0.253 e. The van der Waals surface area contributed by atoms with E-state index in [1.54, 1.807) is 18.2 Å². The van der Waals surface area contributed by atoms with E-state index < -0.39 is 0 Å². The van der Waals surface area contributed by atoms with Gasteiger partial charge in [0.2, 0.25) is 0 Å². The highest BCUT2D eigenvalue weighted by molar-refractivity contribution is 6.34. The van der Waals surface area contributed by atoms with Gasteiger partial charge in [0.15, 0.2) is 0 Å². The molecule has 0 heterocycles. The Kier molecular flexibility index (Phi) is 4.09. The van der Waals surface area contributed by atoms with Crippen molar-refractivity contribution in [3.8, 4) is 0 Å². The number of nitrogens with two attached hydrogens (primary N) is 1. The van der Waals surface area contributed by atoms with Crippen LogP contribution in [0.4, 0.5) is 5.69 Å². The van der Waals surface area contributed by atoms with Crippen LogP contribution in [-0.2, 0) is 4.74 Å². The van der Waals surface area contributed by atoms with Crippen molar-refractivity contribution in [3.05, 3.63) is 28.8 Å². The first kappa shape index (κ1) is 13.2. The second kappa shape index (κ2) is 5.59. The van der Waals surface area contributed by atoms with E-state index in [-0.39, 0.29) is 18.1 Å². The zero-order valence-corrected chi connectivity index (χ0v) is 11.0. The highest BCUT2D eigenvalue weighted by Crippen LogP contribution is 2.25. The molecule has 0 aromatic heterocycles. The van der Waals surface area contributed by atoms with Crippen molar-refractivity contribution in [1.29, 1.82) is 0 Å². The molecule has 3 N–H and O–H groups in total. The lowest BCUT2D eigenvalue weighted by atomic mass is 9.89. The van der Waals surface area contributed by atoms with Crippen LogP contribution in [0.5, 0.6) is 0 Å². The van der Waals surface area contributed by atoms with Gasteiger partial charge in [0, 0.05) is 18.3 Å². The Hall–Kier alpha value is -1.26. The van der Waals surface area contributed by atoms with Crippen molar-refractivity contribution >= 4 is 23.2 Å². The van der Waals surface area contributed by atoms with Crippen LogP contribution in [0.25, 0.3) is 0 Å². The Bertz CT molecular complexity index is 445. The molecule has 18 heavy (non-hydrogen) atoms. The number of ether oxygens (including phenoxy) is 1. The third kappa shape index (κ3) is 2.94. The monoisotopic (exact) mass is 268 g/mol. The third-order valence-electron chi connectivity index (χ3n) is 3.07. The van der Waals surface area contributed by atoms with Crippen molar-refractivity contribution in [2.45, 2.75) is 31.9 Å². The number of benzene rings is 1. The minimum atomic E-state index is -0.153. The predicted molar refractivity (Wildman–Crippen MR) is 71.8 cm³/mol.